The van der Waals surface area contributed by atoms with Crippen molar-refractivity contribution < 1.29 is 8.78 Å². The molecule has 0 bridgehead atoms. The molecule has 1 unspecified atom stereocenters. The van der Waals surface area contributed by atoms with Gasteiger partial charge in [-0.15, -0.1) is 0 Å². The summed E-state index contributed by atoms with van der Waals surface area (Å²) in [7, 11) is 0. The topological polar surface area (TPSA) is 24.9 Å². The lowest BCUT2D eigenvalue weighted by Crippen LogP contribution is -2.34. The van der Waals surface area contributed by atoms with Crippen molar-refractivity contribution in [1.82, 2.24) is 4.98 Å². The van der Waals surface area contributed by atoms with Crippen LogP contribution in [0.4, 0.5) is 14.6 Å². The average Bonchev–Trinajstić information content (AvgIpc) is 2.07. The molecule has 1 aromatic heterocycles. The first-order chi connectivity index (χ1) is 6.39. The molecule has 0 aromatic carbocycles. The van der Waals surface area contributed by atoms with E-state index in [9.17, 15) is 8.78 Å². The fourth-order valence-corrected chi connectivity index (χ4v) is 0.922. The molecule has 0 aliphatic rings. The maximum Gasteiger partial charge on any atom is 0.264 e. The van der Waals surface area contributed by atoms with Gasteiger partial charge >= 0.3 is 0 Å². The molecule has 0 saturated carbocycles. The molecule has 0 radical (unpaired) electrons. The smallest absolute Gasteiger partial charge is 0.264 e. The Labute approximate surface area is 86.3 Å². The van der Waals surface area contributed by atoms with Gasteiger partial charge in [-0.3, -0.25) is 0 Å². The van der Waals surface area contributed by atoms with Crippen molar-refractivity contribution in [1.29, 1.82) is 0 Å². The second-order valence-electron chi connectivity index (χ2n) is 3.18. The molecule has 0 saturated heterocycles. The van der Waals surface area contributed by atoms with Gasteiger partial charge in [0.05, 0.1) is 11.1 Å². The summed E-state index contributed by atoms with van der Waals surface area (Å²) in [6.07, 6.45) is 1.41. The quantitative estimate of drug-likeness (QED) is 0.846. The Bertz CT molecular complexity index is 295. The van der Waals surface area contributed by atoms with Gasteiger partial charge in [0.1, 0.15) is 5.82 Å². The lowest BCUT2D eigenvalue weighted by molar-refractivity contribution is 0.00689. The molecule has 5 heteroatoms. The molecule has 0 spiro atoms. The second-order valence-corrected chi connectivity index (χ2v) is 3.62. The largest absolute Gasteiger partial charge is 0.362 e. The molecule has 1 heterocycles. The highest BCUT2D eigenvalue weighted by Crippen LogP contribution is 2.20. The summed E-state index contributed by atoms with van der Waals surface area (Å²) in [5.41, 5.74) is 0. The first-order valence-corrected chi connectivity index (χ1v) is 4.53. The van der Waals surface area contributed by atoms with Crippen molar-refractivity contribution in [3.8, 4) is 0 Å². The van der Waals surface area contributed by atoms with E-state index in [1.807, 2.05) is 0 Å². The normalized spacial score (nSPS) is 13.8. The minimum Gasteiger partial charge on any atom is -0.362 e. The van der Waals surface area contributed by atoms with Crippen LogP contribution in [-0.2, 0) is 0 Å². The van der Waals surface area contributed by atoms with Crippen molar-refractivity contribution in [3.63, 3.8) is 0 Å². The van der Waals surface area contributed by atoms with E-state index in [0.29, 0.717) is 10.8 Å². The van der Waals surface area contributed by atoms with Crippen LogP contribution in [0.15, 0.2) is 18.3 Å². The van der Waals surface area contributed by atoms with Crippen LogP contribution in [0.1, 0.15) is 13.8 Å². The maximum absolute atomic E-state index is 12.8. The summed E-state index contributed by atoms with van der Waals surface area (Å²) < 4.78 is 25.5. The molecule has 78 valence electrons. The summed E-state index contributed by atoms with van der Waals surface area (Å²) in [4.78, 5) is 3.86. The van der Waals surface area contributed by atoms with E-state index in [-0.39, 0.29) is 0 Å². The molecule has 0 amide bonds. The van der Waals surface area contributed by atoms with Gasteiger partial charge in [0.15, 0.2) is 0 Å². The number of pyridine rings is 1. The number of rotatable bonds is 3. The van der Waals surface area contributed by atoms with Gasteiger partial charge in [0.25, 0.3) is 5.92 Å². The van der Waals surface area contributed by atoms with E-state index in [2.05, 4.69) is 10.3 Å². The van der Waals surface area contributed by atoms with Crippen LogP contribution in [0.2, 0.25) is 5.02 Å². The highest BCUT2D eigenvalue weighted by atomic mass is 35.5. The van der Waals surface area contributed by atoms with E-state index < -0.39 is 12.0 Å². The van der Waals surface area contributed by atoms with Crippen molar-refractivity contribution in [3.05, 3.63) is 23.4 Å². The van der Waals surface area contributed by atoms with Crippen LogP contribution < -0.4 is 5.32 Å². The fraction of sp³-hybridized carbons (Fsp3) is 0.444. The number of halogens is 3. The van der Waals surface area contributed by atoms with Gasteiger partial charge in [0.2, 0.25) is 0 Å². The summed E-state index contributed by atoms with van der Waals surface area (Å²) in [6, 6.07) is 2.19. The standard InChI is InChI=1S/C9H11ClF2N2/c1-6(9(2,11)12)14-8-4-3-7(10)5-13-8/h3-6H,1-2H3,(H,13,14). The van der Waals surface area contributed by atoms with Gasteiger partial charge in [-0.1, -0.05) is 11.6 Å². The van der Waals surface area contributed by atoms with Crippen molar-refractivity contribution in [2.45, 2.75) is 25.8 Å². The first-order valence-electron chi connectivity index (χ1n) is 4.15. The predicted molar refractivity (Wildman–Crippen MR) is 53.0 cm³/mol. The zero-order chi connectivity index (χ0) is 10.8. The Morgan fingerprint density at radius 2 is 2.14 bits per heavy atom. The van der Waals surface area contributed by atoms with E-state index in [4.69, 9.17) is 11.6 Å². The number of nitrogens with zero attached hydrogens (tertiary/aromatic N) is 1. The van der Waals surface area contributed by atoms with Crippen molar-refractivity contribution in [2.24, 2.45) is 0 Å². The molecule has 2 nitrogen and oxygen atoms in total. The number of aromatic nitrogens is 1. The number of anilines is 1. The van der Waals surface area contributed by atoms with Gasteiger partial charge in [-0.25, -0.2) is 13.8 Å². The molecule has 14 heavy (non-hydrogen) atoms. The predicted octanol–water partition coefficient (Wildman–Crippen LogP) is 3.19. The molecule has 0 aliphatic carbocycles. The third-order valence-corrected chi connectivity index (χ3v) is 2.08. The number of hydrogen-bond donors (Lipinski definition) is 1. The molecule has 1 rings (SSSR count). The van der Waals surface area contributed by atoms with Crippen LogP contribution in [0.5, 0.6) is 0 Å². The third-order valence-electron chi connectivity index (χ3n) is 1.85. The first kappa shape index (κ1) is 11.2. The van der Waals surface area contributed by atoms with E-state index >= 15 is 0 Å². The van der Waals surface area contributed by atoms with Gasteiger partial charge in [0, 0.05) is 13.1 Å². The summed E-state index contributed by atoms with van der Waals surface area (Å²) in [5.74, 6) is -2.38. The molecular formula is C9H11ClF2N2. The Kier molecular flexibility index (Phi) is 3.26. The molecule has 1 atom stereocenters. The highest BCUT2D eigenvalue weighted by molar-refractivity contribution is 6.30. The molecular weight excluding hydrogens is 210 g/mol. The van der Waals surface area contributed by atoms with Crippen LogP contribution in [0, 0.1) is 0 Å². The zero-order valence-corrected chi connectivity index (χ0v) is 8.65. The highest BCUT2D eigenvalue weighted by Gasteiger charge is 2.30. The number of nitrogens with one attached hydrogen (secondary N) is 1. The maximum atomic E-state index is 12.8. The zero-order valence-electron chi connectivity index (χ0n) is 7.89. The lowest BCUT2D eigenvalue weighted by atomic mass is 10.2. The van der Waals surface area contributed by atoms with Crippen LogP contribution >= 0.6 is 11.6 Å². The molecule has 1 N–H and O–H groups in total. The summed E-state index contributed by atoms with van der Waals surface area (Å²) in [5, 5.41) is 3.07. The van der Waals surface area contributed by atoms with Crippen LogP contribution in [-0.4, -0.2) is 16.9 Å². The van der Waals surface area contributed by atoms with Gasteiger partial charge in [-0.05, 0) is 19.1 Å². The van der Waals surface area contributed by atoms with Gasteiger partial charge < -0.3 is 5.32 Å². The minimum absolute atomic E-state index is 0.392. The second kappa shape index (κ2) is 4.09. The monoisotopic (exact) mass is 220 g/mol. The Hall–Kier alpha value is -0.900. The minimum atomic E-state index is -2.78. The third kappa shape index (κ3) is 3.10. The summed E-state index contributed by atoms with van der Waals surface area (Å²) >= 11 is 5.60. The Morgan fingerprint density at radius 3 is 2.57 bits per heavy atom. The van der Waals surface area contributed by atoms with E-state index in [0.717, 1.165) is 6.92 Å². The van der Waals surface area contributed by atoms with E-state index in [1.165, 1.54) is 13.1 Å². The number of hydrogen-bond acceptors (Lipinski definition) is 2. The van der Waals surface area contributed by atoms with Crippen molar-refractivity contribution >= 4 is 17.4 Å². The molecule has 1 aromatic rings. The fourth-order valence-electron chi connectivity index (χ4n) is 0.810. The average molecular weight is 221 g/mol. The summed E-state index contributed by atoms with van der Waals surface area (Å²) in [6.45, 7) is 2.26. The SMILES string of the molecule is CC(Nc1ccc(Cl)cn1)C(C)(F)F. The lowest BCUT2D eigenvalue weighted by Gasteiger charge is -2.20. The number of alkyl halides is 2. The van der Waals surface area contributed by atoms with Crippen molar-refractivity contribution in [2.75, 3.05) is 5.32 Å². The van der Waals surface area contributed by atoms with E-state index in [1.54, 1.807) is 12.1 Å². The Morgan fingerprint density at radius 1 is 1.50 bits per heavy atom. The van der Waals surface area contributed by atoms with Gasteiger partial charge in [-0.2, -0.15) is 0 Å². The van der Waals surface area contributed by atoms with Crippen LogP contribution in [0.3, 0.4) is 0 Å². The molecule has 0 fully saturated rings. The van der Waals surface area contributed by atoms with Crippen LogP contribution in [0.25, 0.3) is 0 Å². The Balaban J connectivity index is 2.65. The molecule has 0 aliphatic heterocycles.